The van der Waals surface area contributed by atoms with Crippen molar-refractivity contribution in [3.8, 4) is 56.3 Å². The zero-order valence-corrected chi connectivity index (χ0v) is 64.2. The van der Waals surface area contributed by atoms with Crippen molar-refractivity contribution in [2.45, 2.75) is 30.1 Å². The first-order chi connectivity index (χ1) is 57.8. The Hall–Kier alpha value is -15.2. The molecule has 3 aliphatic rings. The molecule has 0 saturated heterocycles. The molecule has 0 radical (unpaired) electrons. The Morgan fingerprint density at radius 2 is 0.556 bits per heavy atom. The maximum atomic E-state index is 4.88. The van der Waals surface area contributed by atoms with E-state index >= 15 is 0 Å². The third-order valence-electron chi connectivity index (χ3n) is 25.1. The largest absolute Gasteiger partial charge is 0.309 e. The summed E-state index contributed by atoms with van der Waals surface area (Å²) in [4.78, 5) is 23.8. The van der Waals surface area contributed by atoms with Gasteiger partial charge >= 0.3 is 0 Å². The van der Waals surface area contributed by atoms with Crippen LogP contribution in [0.5, 0.6) is 0 Å². The summed E-state index contributed by atoms with van der Waals surface area (Å²) in [5, 5.41) is 6.03. The Kier molecular flexibility index (Phi) is 15.3. The van der Waals surface area contributed by atoms with Crippen molar-refractivity contribution < 1.29 is 0 Å². The molecule has 22 aromatic rings. The van der Waals surface area contributed by atoms with Crippen molar-refractivity contribution in [3.05, 3.63) is 463 Å². The van der Waals surface area contributed by atoms with Gasteiger partial charge in [-0.05, 0) is 222 Å². The summed E-state index contributed by atoms with van der Waals surface area (Å²) in [7, 11) is 0. The molecule has 25 rings (SSSR count). The van der Waals surface area contributed by atoms with Crippen LogP contribution in [0.1, 0.15) is 69.5 Å². The molecular formula is C108H73N9. The van der Waals surface area contributed by atoms with Gasteiger partial charge in [0.15, 0.2) is 0 Å². The van der Waals surface area contributed by atoms with Gasteiger partial charge in [-0.3, -0.25) is 24.5 Å². The normalized spacial score (nSPS) is 13.6. The fraction of sp³-hybridized carbons (Fsp3) is 0.0463. The summed E-state index contributed by atoms with van der Waals surface area (Å²) in [6, 6.07) is 134. The fourth-order valence-electron chi connectivity index (χ4n) is 20.3. The van der Waals surface area contributed by atoms with Gasteiger partial charge in [-0.1, -0.05) is 250 Å². The second kappa shape index (κ2) is 26.5. The minimum Gasteiger partial charge on any atom is -0.309 e. The van der Waals surface area contributed by atoms with E-state index < -0.39 is 10.8 Å². The average molecular weight is 1500 g/mol. The van der Waals surface area contributed by atoms with Crippen molar-refractivity contribution >= 4 is 87.6 Å². The second-order valence-corrected chi connectivity index (χ2v) is 31.4. The third-order valence-corrected chi connectivity index (χ3v) is 25.1. The van der Waals surface area contributed by atoms with Crippen molar-refractivity contribution in [2.75, 3.05) is 0 Å². The summed E-state index contributed by atoms with van der Waals surface area (Å²) < 4.78 is 9.28. The van der Waals surface area contributed by atoms with E-state index in [1.54, 1.807) is 0 Å². The van der Waals surface area contributed by atoms with Gasteiger partial charge in [-0.2, -0.15) is 0 Å². The highest BCUT2D eigenvalue weighted by molar-refractivity contribution is 6.14. The van der Waals surface area contributed by atoms with Gasteiger partial charge in [-0.25, -0.2) is 4.98 Å². The molecule has 550 valence electrons. The molecule has 9 nitrogen and oxygen atoms in total. The molecule has 0 bridgehead atoms. The predicted molar refractivity (Wildman–Crippen MR) is 478 cm³/mol. The number of rotatable bonds is 8. The first-order valence-electron chi connectivity index (χ1n) is 40.1. The number of pyridine rings is 5. The number of fused-ring (bicyclic) bond motifs is 21. The van der Waals surface area contributed by atoms with Crippen LogP contribution in [0.4, 0.5) is 0 Å². The maximum absolute atomic E-state index is 4.88. The van der Waals surface area contributed by atoms with Crippen LogP contribution in [0.3, 0.4) is 0 Å². The van der Waals surface area contributed by atoms with Gasteiger partial charge in [0.1, 0.15) is 5.82 Å². The van der Waals surface area contributed by atoms with Crippen LogP contribution in [0.15, 0.2) is 407 Å². The highest BCUT2D eigenvalue weighted by Gasteiger charge is 2.49. The van der Waals surface area contributed by atoms with E-state index in [4.69, 9.17) is 19.9 Å². The fourth-order valence-corrected chi connectivity index (χ4v) is 20.3. The van der Waals surface area contributed by atoms with Gasteiger partial charge in [0, 0.05) is 74.7 Å². The quantitative estimate of drug-likeness (QED) is 0.151. The Morgan fingerprint density at radius 3 is 1.00 bits per heavy atom. The van der Waals surface area contributed by atoms with Gasteiger partial charge in [-0.15, -0.1) is 0 Å². The summed E-state index contributed by atoms with van der Waals surface area (Å²) in [6.45, 7) is 4.67. The van der Waals surface area contributed by atoms with Gasteiger partial charge in [0.2, 0.25) is 0 Å². The molecule has 9 heterocycles. The van der Waals surface area contributed by atoms with Crippen LogP contribution in [0, 0.1) is 0 Å². The number of aromatic nitrogens is 9. The van der Waals surface area contributed by atoms with Crippen molar-refractivity contribution in [3.63, 3.8) is 0 Å². The van der Waals surface area contributed by atoms with Crippen LogP contribution >= 0.6 is 0 Å². The third kappa shape index (κ3) is 9.93. The summed E-state index contributed by atoms with van der Waals surface area (Å²) in [5.41, 5.74) is 35.3. The van der Waals surface area contributed by atoms with Crippen LogP contribution in [-0.4, -0.2) is 43.2 Å². The highest BCUT2D eigenvalue weighted by Crippen LogP contribution is 2.60. The first kappa shape index (κ1) is 67.5. The summed E-state index contributed by atoms with van der Waals surface area (Å²) in [6.07, 6.45) is 11.3. The Balaban J connectivity index is 0.000000103. The number of hydrogen-bond acceptors (Lipinski definition) is 5. The van der Waals surface area contributed by atoms with E-state index in [1.807, 2.05) is 73.6 Å². The lowest BCUT2D eigenvalue weighted by molar-refractivity contribution is 0.661. The lowest BCUT2D eigenvalue weighted by Crippen LogP contribution is -2.28. The molecule has 117 heavy (non-hydrogen) atoms. The van der Waals surface area contributed by atoms with Crippen LogP contribution in [0.2, 0.25) is 0 Å². The summed E-state index contributed by atoms with van der Waals surface area (Å²) >= 11 is 0. The highest BCUT2D eigenvalue weighted by atomic mass is 15.1. The topological polar surface area (TPSA) is 84.2 Å². The molecule has 0 unspecified atom stereocenters. The standard InChI is InChI=1S/C38H27N3.2C35H23N3/c1-38(2)31-13-6-3-10-26(31)29-23-36-30(22-32(29)38)37-35(16-9-21-39-37)41(36)25-19-17-24(18-20-25)40-33-14-7-4-11-27(33)28-12-5-8-15-34(28)40;1-3-11-24(12-4-1)35(25-13-5-2-6-14-25)30-17-8-7-16-27(30)28-22-33-29(21-31(28)35)34-32(18-10-20-37-34)38(33)26-15-9-19-36-23-26;1-3-12-24(13-4-1)35(25-14-5-2-6-15-25)29-17-8-7-16-26(29)27-23-32-28(22-30(27)35)34-31(18-11-21-37-34)38(32)33-19-9-10-20-36-33/h3-23H,1-2H3;2*1-23H. The van der Waals surface area contributed by atoms with E-state index in [0.717, 1.165) is 77.8 Å². The van der Waals surface area contributed by atoms with Crippen molar-refractivity contribution in [1.82, 2.24) is 43.2 Å². The Bertz CT molecular complexity index is 7270. The van der Waals surface area contributed by atoms with E-state index in [-0.39, 0.29) is 5.41 Å². The molecule has 9 aromatic heterocycles. The molecule has 9 heteroatoms. The molecule has 0 atom stereocenters. The molecule has 0 N–H and O–H groups in total. The number of para-hydroxylation sites is 2. The van der Waals surface area contributed by atoms with E-state index in [9.17, 15) is 0 Å². The molecule has 0 amide bonds. The zero-order chi connectivity index (χ0) is 77.5. The molecular weight excluding hydrogens is 1420 g/mol. The van der Waals surface area contributed by atoms with Crippen LogP contribution in [-0.2, 0) is 16.2 Å². The minimum absolute atomic E-state index is 0.0483. The number of benzene rings is 13. The molecule has 13 aromatic carbocycles. The van der Waals surface area contributed by atoms with Crippen LogP contribution in [0.25, 0.3) is 144 Å². The van der Waals surface area contributed by atoms with Gasteiger partial charge in [0.05, 0.1) is 83.4 Å². The first-order valence-corrected chi connectivity index (χ1v) is 40.1. The Morgan fingerprint density at radius 1 is 0.214 bits per heavy atom. The molecule has 0 saturated carbocycles. The second-order valence-electron chi connectivity index (χ2n) is 31.4. The van der Waals surface area contributed by atoms with Crippen molar-refractivity contribution in [2.24, 2.45) is 0 Å². The van der Waals surface area contributed by atoms with Gasteiger partial charge in [0.25, 0.3) is 0 Å². The van der Waals surface area contributed by atoms with Gasteiger partial charge < -0.3 is 13.7 Å². The average Bonchev–Trinajstić information content (AvgIpc) is 1.53. The SMILES string of the molecule is CC1(C)c2ccccc2-c2cc3c(cc21)c1ncccc1n3-c1ccc(-n2c3ccccc3c3ccccc32)cc1.c1ccc(C2(c3ccccc3)c3ccccc3-c3cc4c(cc32)c2ncccc2n4-c2ccccn2)cc1.c1ccc(C2(c3ccccc3)c3ccccc3-c3cc4c(cc32)c2ncccc2n4-c2cccnc2)cc1. The monoisotopic (exact) mass is 1500 g/mol. The van der Waals surface area contributed by atoms with Crippen LogP contribution < -0.4 is 0 Å². The van der Waals surface area contributed by atoms with E-state index in [1.165, 1.54) is 122 Å². The molecule has 0 aliphatic heterocycles. The molecule has 3 aliphatic carbocycles. The van der Waals surface area contributed by atoms with Crippen molar-refractivity contribution in [1.29, 1.82) is 0 Å². The summed E-state index contributed by atoms with van der Waals surface area (Å²) in [5.74, 6) is 0.893. The number of hydrogen-bond donors (Lipinski definition) is 0. The Labute approximate surface area is 675 Å². The maximum Gasteiger partial charge on any atom is 0.137 e. The lowest BCUT2D eigenvalue weighted by Gasteiger charge is -2.33. The molecule has 0 fully saturated rings. The van der Waals surface area contributed by atoms with E-state index in [0.29, 0.717) is 0 Å². The predicted octanol–water partition coefficient (Wildman–Crippen LogP) is 25.5. The zero-order valence-electron chi connectivity index (χ0n) is 64.2. The minimum atomic E-state index is -0.434. The van der Waals surface area contributed by atoms with E-state index in [2.05, 4.69) is 371 Å². The number of nitrogens with zero attached hydrogens (tertiary/aromatic N) is 9. The molecule has 0 spiro atoms. The smallest absolute Gasteiger partial charge is 0.137 e. The lowest BCUT2D eigenvalue weighted by atomic mass is 9.67.